The molecule has 0 fully saturated rings. The molecule has 1 rings (SSSR count). The molecule has 3 nitrogen and oxygen atoms in total. The first-order valence-corrected chi connectivity index (χ1v) is 6.01. The summed E-state index contributed by atoms with van der Waals surface area (Å²) >= 11 is 6.69. The summed E-state index contributed by atoms with van der Waals surface area (Å²) in [5.41, 5.74) is 0. The molecule has 1 aromatic rings. The number of aromatic nitrogens is 1. The van der Waals surface area contributed by atoms with Crippen LogP contribution in [0.2, 0.25) is 4.47 Å². The maximum atomic E-state index is 10.7. The molecule has 0 radical (unpaired) electrons. The van der Waals surface area contributed by atoms with Crippen LogP contribution in [0.5, 0.6) is 0 Å². The maximum Gasteiger partial charge on any atom is 0.183 e. The van der Waals surface area contributed by atoms with E-state index in [0.717, 1.165) is 0 Å². The Kier molecular flexibility index (Phi) is 2.51. The van der Waals surface area contributed by atoms with Crippen molar-refractivity contribution in [3.05, 3.63) is 15.5 Å². The molecule has 0 aromatic carbocycles. The topological polar surface area (TPSA) is 47.0 Å². The third-order valence-electron chi connectivity index (χ3n) is 0.930. The van der Waals surface area contributed by atoms with E-state index in [1.54, 1.807) is 0 Å². The van der Waals surface area contributed by atoms with Crippen molar-refractivity contribution < 1.29 is 8.42 Å². The normalized spacial score (nSPS) is 11.8. The molecule has 6 heteroatoms. The summed E-state index contributed by atoms with van der Waals surface area (Å²) in [6, 6.07) is 0. The minimum atomic E-state index is -2.95. The van der Waals surface area contributed by atoms with Crippen molar-refractivity contribution in [1.82, 2.24) is 4.98 Å². The largest absolute Gasteiger partial charge is 0.233 e. The van der Waals surface area contributed by atoms with E-state index < -0.39 is 9.84 Å². The smallest absolute Gasteiger partial charge is 0.183 e. The Morgan fingerprint density at radius 1 is 1.73 bits per heavy atom. The molecule has 0 amide bonds. The van der Waals surface area contributed by atoms with Gasteiger partial charge in [0.25, 0.3) is 0 Å². The highest BCUT2D eigenvalue weighted by Crippen LogP contribution is 2.19. The average Bonchev–Trinajstić information content (AvgIpc) is 2.10. The zero-order valence-electron chi connectivity index (χ0n) is 5.74. The molecular weight excluding hydrogens is 206 g/mol. The molecule has 0 aliphatic heterocycles. The molecule has 1 heterocycles. The zero-order chi connectivity index (χ0) is 8.48. The van der Waals surface area contributed by atoms with Gasteiger partial charge in [-0.3, -0.25) is 0 Å². The number of sulfone groups is 1. The van der Waals surface area contributed by atoms with Crippen molar-refractivity contribution in [3.63, 3.8) is 0 Å². The highest BCUT2D eigenvalue weighted by molar-refractivity contribution is 7.90. The Morgan fingerprint density at radius 3 is 2.73 bits per heavy atom. The van der Waals surface area contributed by atoms with E-state index in [2.05, 4.69) is 4.98 Å². The molecule has 62 valence electrons. The average molecular weight is 212 g/mol. The first-order chi connectivity index (χ1) is 4.97. The van der Waals surface area contributed by atoms with Crippen LogP contribution in [-0.2, 0) is 15.6 Å². The van der Waals surface area contributed by atoms with Crippen molar-refractivity contribution in [2.45, 2.75) is 5.75 Å². The van der Waals surface area contributed by atoms with E-state index in [9.17, 15) is 8.42 Å². The van der Waals surface area contributed by atoms with Crippen LogP contribution >= 0.6 is 22.9 Å². The SMILES string of the molecule is CS(=O)(=O)Cc1cnc(Cl)s1. The quantitative estimate of drug-likeness (QED) is 0.742. The summed E-state index contributed by atoms with van der Waals surface area (Å²) in [5.74, 6) is 0.0252. The fourth-order valence-corrected chi connectivity index (χ4v) is 2.85. The lowest BCUT2D eigenvalue weighted by molar-refractivity contribution is 0.601. The van der Waals surface area contributed by atoms with E-state index in [0.29, 0.717) is 9.34 Å². The van der Waals surface area contributed by atoms with Crippen molar-refractivity contribution in [1.29, 1.82) is 0 Å². The van der Waals surface area contributed by atoms with Gasteiger partial charge in [-0.15, -0.1) is 11.3 Å². The van der Waals surface area contributed by atoms with Crippen LogP contribution in [0.3, 0.4) is 0 Å². The van der Waals surface area contributed by atoms with Crippen LogP contribution in [-0.4, -0.2) is 19.7 Å². The Hall–Kier alpha value is -0.130. The lowest BCUT2D eigenvalue weighted by Gasteiger charge is -1.90. The van der Waals surface area contributed by atoms with Gasteiger partial charge >= 0.3 is 0 Å². The molecule has 0 N–H and O–H groups in total. The van der Waals surface area contributed by atoms with Gasteiger partial charge in [0.1, 0.15) is 0 Å². The fraction of sp³-hybridized carbons (Fsp3) is 0.400. The van der Waals surface area contributed by atoms with Gasteiger partial charge in [0.05, 0.1) is 5.75 Å². The summed E-state index contributed by atoms with van der Waals surface area (Å²) in [4.78, 5) is 4.40. The number of thiazole rings is 1. The Bertz CT molecular complexity index is 343. The lowest BCUT2D eigenvalue weighted by Crippen LogP contribution is -1.98. The molecule has 0 atom stereocenters. The zero-order valence-corrected chi connectivity index (χ0v) is 8.13. The molecule has 0 unspecified atom stereocenters. The van der Waals surface area contributed by atoms with Crippen molar-refractivity contribution in [2.75, 3.05) is 6.26 Å². The maximum absolute atomic E-state index is 10.7. The predicted octanol–water partition coefficient (Wildman–Crippen LogP) is 1.34. The number of nitrogens with zero attached hydrogens (tertiary/aromatic N) is 1. The summed E-state index contributed by atoms with van der Waals surface area (Å²) in [6.45, 7) is 0. The summed E-state index contributed by atoms with van der Waals surface area (Å²) in [7, 11) is -2.95. The van der Waals surface area contributed by atoms with Crippen LogP contribution < -0.4 is 0 Å². The first-order valence-electron chi connectivity index (χ1n) is 2.75. The van der Waals surface area contributed by atoms with Gasteiger partial charge in [0.2, 0.25) is 0 Å². The summed E-state index contributed by atoms with van der Waals surface area (Å²) in [5, 5.41) is 0. The highest BCUT2D eigenvalue weighted by atomic mass is 35.5. The summed E-state index contributed by atoms with van der Waals surface area (Å²) in [6.07, 6.45) is 2.66. The predicted molar refractivity (Wildman–Crippen MR) is 45.7 cm³/mol. The minimum absolute atomic E-state index is 0.0252. The van der Waals surface area contributed by atoms with Gasteiger partial charge in [-0.25, -0.2) is 13.4 Å². The van der Waals surface area contributed by atoms with Crippen molar-refractivity contribution >= 4 is 32.8 Å². The molecule has 0 spiro atoms. The van der Waals surface area contributed by atoms with E-state index in [-0.39, 0.29) is 5.75 Å². The van der Waals surface area contributed by atoms with Crippen LogP contribution in [0.1, 0.15) is 4.88 Å². The van der Waals surface area contributed by atoms with E-state index in [4.69, 9.17) is 11.6 Å². The highest BCUT2D eigenvalue weighted by Gasteiger charge is 2.06. The second-order valence-electron chi connectivity index (χ2n) is 2.15. The Labute approximate surface area is 73.9 Å². The van der Waals surface area contributed by atoms with Crippen molar-refractivity contribution in [2.24, 2.45) is 0 Å². The third kappa shape index (κ3) is 3.18. The van der Waals surface area contributed by atoms with Gasteiger partial charge in [-0.05, 0) is 0 Å². The Morgan fingerprint density at radius 2 is 2.36 bits per heavy atom. The standard InChI is InChI=1S/C5H6ClNO2S2/c1-11(8,9)3-4-2-7-5(6)10-4/h2H,3H2,1H3. The third-order valence-corrected chi connectivity index (χ3v) is 3.06. The summed E-state index contributed by atoms with van der Waals surface area (Å²) < 4.78 is 21.9. The second kappa shape index (κ2) is 3.08. The number of hydrogen-bond donors (Lipinski definition) is 0. The van der Waals surface area contributed by atoms with Crippen LogP contribution in [0, 0.1) is 0 Å². The lowest BCUT2D eigenvalue weighted by atomic mass is 10.6. The second-order valence-corrected chi connectivity index (χ2v) is 5.99. The van der Waals surface area contributed by atoms with E-state index >= 15 is 0 Å². The van der Waals surface area contributed by atoms with Gasteiger partial charge in [0.15, 0.2) is 14.3 Å². The molecule has 0 saturated heterocycles. The van der Waals surface area contributed by atoms with Crippen molar-refractivity contribution in [3.8, 4) is 0 Å². The number of halogens is 1. The molecule has 0 bridgehead atoms. The molecular formula is C5H6ClNO2S2. The van der Waals surface area contributed by atoms with E-state index in [1.807, 2.05) is 0 Å². The fourth-order valence-electron chi connectivity index (χ4n) is 0.609. The van der Waals surface area contributed by atoms with Crippen LogP contribution in [0.4, 0.5) is 0 Å². The van der Waals surface area contributed by atoms with Gasteiger partial charge < -0.3 is 0 Å². The van der Waals surface area contributed by atoms with Gasteiger partial charge in [-0.1, -0.05) is 11.6 Å². The number of hydrogen-bond acceptors (Lipinski definition) is 4. The monoisotopic (exact) mass is 211 g/mol. The van der Waals surface area contributed by atoms with Crippen LogP contribution in [0.25, 0.3) is 0 Å². The van der Waals surface area contributed by atoms with Gasteiger partial charge in [0, 0.05) is 17.3 Å². The van der Waals surface area contributed by atoms with Crippen LogP contribution in [0.15, 0.2) is 6.20 Å². The van der Waals surface area contributed by atoms with Gasteiger partial charge in [-0.2, -0.15) is 0 Å². The Balaban J connectivity index is 2.81. The van der Waals surface area contributed by atoms with E-state index in [1.165, 1.54) is 23.8 Å². The minimum Gasteiger partial charge on any atom is -0.233 e. The number of rotatable bonds is 2. The first kappa shape index (κ1) is 8.96. The molecule has 0 aliphatic rings. The molecule has 0 saturated carbocycles. The molecule has 11 heavy (non-hydrogen) atoms. The molecule has 1 aromatic heterocycles. The molecule has 0 aliphatic carbocycles.